The molecule has 0 atom stereocenters. The molecule has 1 heterocycles. The Morgan fingerprint density at radius 3 is 2.48 bits per heavy atom. The molecule has 3 aromatic rings. The second-order valence-electron chi connectivity index (χ2n) is 4.27. The Bertz CT molecular complexity index is 834. The molecule has 0 radical (unpaired) electrons. The molecule has 0 saturated carbocycles. The molecule has 0 spiro atoms. The molecule has 102 valence electrons. The topological polar surface area (TPSA) is 54.5 Å². The highest BCUT2D eigenvalue weighted by Gasteiger charge is 2.18. The van der Waals surface area contributed by atoms with E-state index < -0.39 is 0 Å². The average Bonchev–Trinajstić information content (AvgIpc) is 2.92. The van der Waals surface area contributed by atoms with Gasteiger partial charge in [-0.1, -0.05) is 35.0 Å². The van der Waals surface area contributed by atoms with Crippen LogP contribution in [0.2, 0.25) is 5.02 Å². The van der Waals surface area contributed by atoms with Crippen molar-refractivity contribution in [3.8, 4) is 23.0 Å². The molecule has 0 bridgehead atoms. The van der Waals surface area contributed by atoms with Crippen LogP contribution in [0.4, 0.5) is 4.39 Å². The van der Waals surface area contributed by atoms with E-state index in [9.17, 15) is 9.65 Å². The zero-order valence-electron chi connectivity index (χ0n) is 10.7. The van der Waals surface area contributed by atoms with Crippen LogP contribution >= 0.6 is 11.6 Å². The Hall–Kier alpha value is -2.71. The largest absolute Gasteiger partial charge is 0.211 e. The van der Waals surface area contributed by atoms with Crippen LogP contribution in [0, 0.1) is 17.1 Å². The van der Waals surface area contributed by atoms with Gasteiger partial charge in [0.05, 0.1) is 10.7 Å². The highest BCUT2D eigenvalue weighted by Crippen LogP contribution is 2.30. The second-order valence-corrected chi connectivity index (χ2v) is 4.67. The van der Waals surface area contributed by atoms with Crippen LogP contribution in [-0.2, 0) is 0 Å². The average molecular weight is 299 g/mol. The van der Waals surface area contributed by atoms with Gasteiger partial charge in [-0.25, -0.2) is 9.07 Å². The first-order valence-electron chi connectivity index (χ1n) is 6.07. The van der Waals surface area contributed by atoms with Crippen molar-refractivity contribution in [2.75, 3.05) is 0 Å². The Balaban J connectivity index is 2.25. The van der Waals surface area contributed by atoms with Gasteiger partial charge in [-0.3, -0.25) is 0 Å². The van der Waals surface area contributed by atoms with Gasteiger partial charge in [-0.2, -0.15) is 5.26 Å². The van der Waals surface area contributed by atoms with Gasteiger partial charge < -0.3 is 0 Å². The predicted octanol–water partition coefficient (Wildman–Crippen LogP) is 3.60. The highest BCUT2D eigenvalue weighted by molar-refractivity contribution is 6.33. The van der Waals surface area contributed by atoms with Gasteiger partial charge in [-0.15, -0.1) is 5.10 Å². The summed E-state index contributed by atoms with van der Waals surface area (Å²) in [5, 5.41) is 17.5. The number of hydrogen-bond acceptors (Lipinski definition) is 3. The van der Waals surface area contributed by atoms with Crippen LogP contribution < -0.4 is 0 Å². The van der Waals surface area contributed by atoms with Crippen molar-refractivity contribution < 1.29 is 4.39 Å². The van der Waals surface area contributed by atoms with Crippen LogP contribution in [0.25, 0.3) is 16.9 Å². The molecule has 0 aliphatic rings. The van der Waals surface area contributed by atoms with E-state index in [-0.39, 0.29) is 11.5 Å². The molecule has 3 rings (SSSR count). The number of benzene rings is 2. The van der Waals surface area contributed by atoms with Gasteiger partial charge >= 0.3 is 0 Å². The Morgan fingerprint density at radius 1 is 1.10 bits per heavy atom. The van der Waals surface area contributed by atoms with Crippen molar-refractivity contribution in [2.45, 2.75) is 0 Å². The molecule has 4 nitrogen and oxygen atoms in total. The van der Waals surface area contributed by atoms with Gasteiger partial charge in [0, 0.05) is 5.56 Å². The second kappa shape index (κ2) is 5.35. The predicted molar refractivity (Wildman–Crippen MR) is 76.5 cm³/mol. The SMILES string of the molecule is N#Cc1nnn(-c2ccc(F)cc2)c1-c1ccccc1Cl. The molecule has 0 aliphatic heterocycles. The molecule has 0 N–H and O–H groups in total. The lowest BCUT2D eigenvalue weighted by molar-refractivity contribution is 0.627. The Kier molecular flexibility index (Phi) is 3.38. The number of hydrogen-bond donors (Lipinski definition) is 0. The molecule has 1 aromatic heterocycles. The summed E-state index contributed by atoms with van der Waals surface area (Å²) in [5.41, 5.74) is 1.88. The van der Waals surface area contributed by atoms with Crippen LogP contribution in [0.5, 0.6) is 0 Å². The highest BCUT2D eigenvalue weighted by atomic mass is 35.5. The molecule has 0 unspecified atom stereocenters. The minimum absolute atomic E-state index is 0.160. The molecule has 6 heteroatoms. The molecule has 21 heavy (non-hydrogen) atoms. The molecular weight excluding hydrogens is 291 g/mol. The lowest BCUT2D eigenvalue weighted by Crippen LogP contribution is -2.00. The lowest BCUT2D eigenvalue weighted by Gasteiger charge is -2.08. The molecule has 0 amide bonds. The van der Waals surface area contributed by atoms with Crippen LogP contribution in [0.1, 0.15) is 5.69 Å². The van der Waals surface area contributed by atoms with Crippen LogP contribution in [0.3, 0.4) is 0 Å². The Labute approximate surface area is 125 Å². The van der Waals surface area contributed by atoms with E-state index in [0.29, 0.717) is 22.0 Å². The van der Waals surface area contributed by atoms with E-state index in [1.807, 2.05) is 12.1 Å². The van der Waals surface area contributed by atoms with Crippen molar-refractivity contribution in [1.29, 1.82) is 5.26 Å². The third-order valence-electron chi connectivity index (χ3n) is 2.98. The normalized spacial score (nSPS) is 10.3. The smallest absolute Gasteiger partial charge is 0.191 e. The summed E-state index contributed by atoms with van der Waals surface area (Å²) in [5.74, 6) is -0.348. The first kappa shape index (κ1) is 13.3. The first-order valence-corrected chi connectivity index (χ1v) is 6.45. The van der Waals surface area contributed by atoms with Crippen molar-refractivity contribution in [1.82, 2.24) is 15.0 Å². The van der Waals surface area contributed by atoms with E-state index in [1.165, 1.54) is 16.8 Å². The molecule has 0 saturated heterocycles. The summed E-state index contributed by atoms with van der Waals surface area (Å²) in [6.07, 6.45) is 0. The minimum atomic E-state index is -0.348. The van der Waals surface area contributed by atoms with E-state index in [4.69, 9.17) is 11.6 Å². The van der Waals surface area contributed by atoms with Crippen molar-refractivity contribution in [3.05, 3.63) is 65.1 Å². The van der Waals surface area contributed by atoms with Crippen molar-refractivity contribution in [3.63, 3.8) is 0 Å². The number of nitriles is 1. The summed E-state index contributed by atoms with van der Waals surface area (Å²) < 4.78 is 14.5. The molecule has 0 fully saturated rings. The summed E-state index contributed by atoms with van der Waals surface area (Å²) in [6.45, 7) is 0. The van der Waals surface area contributed by atoms with E-state index in [1.54, 1.807) is 30.3 Å². The monoisotopic (exact) mass is 298 g/mol. The van der Waals surface area contributed by atoms with Gasteiger partial charge in [-0.05, 0) is 30.3 Å². The molecular formula is C15H8ClFN4. The number of nitrogens with zero attached hydrogens (tertiary/aromatic N) is 4. The van der Waals surface area contributed by atoms with Gasteiger partial charge in [0.1, 0.15) is 17.6 Å². The fraction of sp³-hybridized carbons (Fsp3) is 0. The van der Waals surface area contributed by atoms with Crippen molar-refractivity contribution >= 4 is 11.6 Å². The zero-order valence-corrected chi connectivity index (χ0v) is 11.4. The fourth-order valence-corrected chi connectivity index (χ4v) is 2.24. The third-order valence-corrected chi connectivity index (χ3v) is 3.31. The maximum atomic E-state index is 13.0. The first-order chi connectivity index (χ1) is 10.2. The van der Waals surface area contributed by atoms with Crippen molar-refractivity contribution in [2.24, 2.45) is 0 Å². The quantitative estimate of drug-likeness (QED) is 0.726. The van der Waals surface area contributed by atoms with Gasteiger partial charge in [0.25, 0.3) is 0 Å². The molecule has 0 aliphatic carbocycles. The summed E-state index contributed by atoms with van der Waals surface area (Å²) in [4.78, 5) is 0. The fourth-order valence-electron chi connectivity index (χ4n) is 2.02. The van der Waals surface area contributed by atoms with E-state index in [0.717, 1.165) is 0 Å². The number of halogens is 2. The zero-order chi connectivity index (χ0) is 14.8. The maximum Gasteiger partial charge on any atom is 0.191 e. The maximum absolute atomic E-state index is 13.0. The Morgan fingerprint density at radius 2 is 1.81 bits per heavy atom. The van der Waals surface area contributed by atoms with Crippen LogP contribution in [-0.4, -0.2) is 15.0 Å². The van der Waals surface area contributed by atoms with E-state index in [2.05, 4.69) is 10.3 Å². The van der Waals surface area contributed by atoms with Crippen LogP contribution in [0.15, 0.2) is 48.5 Å². The number of aromatic nitrogens is 3. The minimum Gasteiger partial charge on any atom is -0.211 e. The standard InChI is InChI=1S/C15H8ClFN4/c16-13-4-2-1-3-12(13)15-14(9-18)19-20-21(15)11-7-5-10(17)6-8-11/h1-8H. The summed E-state index contributed by atoms with van der Waals surface area (Å²) in [6, 6.07) is 14.9. The van der Waals surface area contributed by atoms with Gasteiger partial charge in [0.2, 0.25) is 0 Å². The van der Waals surface area contributed by atoms with E-state index >= 15 is 0 Å². The van der Waals surface area contributed by atoms with Gasteiger partial charge in [0.15, 0.2) is 5.69 Å². The summed E-state index contributed by atoms with van der Waals surface area (Å²) >= 11 is 6.19. The third kappa shape index (κ3) is 2.37. The lowest BCUT2D eigenvalue weighted by atomic mass is 10.1. The molecule has 2 aromatic carbocycles. The number of rotatable bonds is 2. The summed E-state index contributed by atoms with van der Waals surface area (Å²) in [7, 11) is 0.